The monoisotopic (exact) mass is 410 g/mol. The fourth-order valence-corrected chi connectivity index (χ4v) is 6.19. The summed E-state index contributed by atoms with van der Waals surface area (Å²) < 4.78 is 25.1. The van der Waals surface area contributed by atoms with Crippen molar-refractivity contribution in [3.05, 3.63) is 83.6 Å². The van der Waals surface area contributed by atoms with E-state index in [9.17, 15) is 0 Å². The number of hydrogen-bond donors (Lipinski definition) is 0. The maximum absolute atomic E-state index is 6.49. The zero-order valence-corrected chi connectivity index (χ0v) is 18.4. The SMILES string of the molecule is C[C@H]1[C@H]2OC(COCc3ccccc3)=C[C@H](OCc3ccccc3)[C@H]2O[Si]1(C)C. The van der Waals surface area contributed by atoms with Gasteiger partial charge in [0.05, 0.1) is 13.2 Å². The lowest BCUT2D eigenvalue weighted by Gasteiger charge is -2.34. The van der Waals surface area contributed by atoms with Gasteiger partial charge in [-0.3, -0.25) is 0 Å². The van der Waals surface area contributed by atoms with Crippen molar-refractivity contribution in [2.45, 2.75) is 57.1 Å². The van der Waals surface area contributed by atoms with Crippen LogP contribution in [0.15, 0.2) is 72.5 Å². The first-order valence-electron chi connectivity index (χ1n) is 10.4. The standard InChI is InChI=1S/C24H30O4Si/c1-18-23-24(28-29(18,2)3)22(26-16-20-12-8-5-9-13-20)14-21(27-23)17-25-15-19-10-6-4-7-11-19/h4-14,18,22-24H,15-17H2,1-3H3/t18-,22-,23+,24+/m0/s1. The fraction of sp³-hybridized carbons (Fsp3) is 0.417. The van der Waals surface area contributed by atoms with E-state index in [0.717, 1.165) is 16.9 Å². The maximum Gasteiger partial charge on any atom is 0.194 e. The molecule has 0 saturated carbocycles. The smallest absolute Gasteiger partial charge is 0.194 e. The lowest BCUT2D eigenvalue weighted by Crippen LogP contribution is -2.42. The van der Waals surface area contributed by atoms with Crippen LogP contribution < -0.4 is 0 Å². The van der Waals surface area contributed by atoms with Crippen LogP contribution in [0.2, 0.25) is 18.6 Å². The second-order valence-corrected chi connectivity index (χ2v) is 12.8. The van der Waals surface area contributed by atoms with E-state index in [1.165, 1.54) is 0 Å². The molecule has 4 rings (SSSR count). The maximum atomic E-state index is 6.49. The summed E-state index contributed by atoms with van der Waals surface area (Å²) in [6.45, 7) is 8.34. The first-order valence-corrected chi connectivity index (χ1v) is 13.3. The van der Waals surface area contributed by atoms with Crippen molar-refractivity contribution in [2.24, 2.45) is 0 Å². The van der Waals surface area contributed by atoms with Gasteiger partial charge in [-0.15, -0.1) is 0 Å². The van der Waals surface area contributed by atoms with Crippen molar-refractivity contribution in [1.29, 1.82) is 0 Å². The molecule has 2 aromatic rings. The summed E-state index contributed by atoms with van der Waals surface area (Å²) in [5.41, 5.74) is 2.71. The van der Waals surface area contributed by atoms with Crippen molar-refractivity contribution in [1.82, 2.24) is 0 Å². The van der Waals surface area contributed by atoms with Gasteiger partial charge >= 0.3 is 0 Å². The highest BCUT2D eigenvalue weighted by Crippen LogP contribution is 2.44. The van der Waals surface area contributed by atoms with Gasteiger partial charge in [-0.2, -0.15) is 0 Å². The van der Waals surface area contributed by atoms with Gasteiger partial charge in [0.2, 0.25) is 0 Å². The highest BCUT2D eigenvalue weighted by molar-refractivity contribution is 6.73. The Hall–Kier alpha value is -1.92. The highest BCUT2D eigenvalue weighted by atomic mass is 28.4. The molecule has 2 aromatic carbocycles. The van der Waals surface area contributed by atoms with Crippen LogP contribution >= 0.6 is 0 Å². The number of fused-ring (bicyclic) bond motifs is 1. The average molecular weight is 411 g/mol. The third kappa shape index (κ3) is 4.81. The Balaban J connectivity index is 1.44. The molecule has 0 amide bonds. The van der Waals surface area contributed by atoms with Gasteiger partial charge in [0.25, 0.3) is 0 Å². The van der Waals surface area contributed by atoms with Crippen LogP contribution in [-0.4, -0.2) is 33.2 Å². The topological polar surface area (TPSA) is 36.9 Å². The molecule has 0 aromatic heterocycles. The first kappa shape index (κ1) is 20.4. The van der Waals surface area contributed by atoms with Gasteiger partial charge in [0.1, 0.15) is 30.7 Å². The number of benzene rings is 2. The second-order valence-electron chi connectivity index (χ2n) is 8.43. The highest BCUT2D eigenvalue weighted by Gasteiger charge is 2.54. The van der Waals surface area contributed by atoms with E-state index in [0.29, 0.717) is 25.4 Å². The van der Waals surface area contributed by atoms with Crippen molar-refractivity contribution < 1.29 is 18.6 Å². The Labute approximate surface area is 174 Å². The van der Waals surface area contributed by atoms with Crippen LogP contribution in [0.4, 0.5) is 0 Å². The van der Waals surface area contributed by atoms with Gasteiger partial charge in [-0.1, -0.05) is 67.6 Å². The Morgan fingerprint density at radius 2 is 1.45 bits per heavy atom. The molecule has 2 aliphatic heterocycles. The number of hydrogen-bond acceptors (Lipinski definition) is 4. The summed E-state index contributed by atoms with van der Waals surface area (Å²) in [6, 6.07) is 20.5. The minimum Gasteiger partial charge on any atom is -0.490 e. The second kappa shape index (κ2) is 8.84. The first-order chi connectivity index (χ1) is 14.0. The molecule has 0 bridgehead atoms. The zero-order valence-electron chi connectivity index (χ0n) is 17.4. The van der Waals surface area contributed by atoms with E-state index >= 15 is 0 Å². The summed E-state index contributed by atoms with van der Waals surface area (Å²) in [5, 5.41) is 0. The summed E-state index contributed by atoms with van der Waals surface area (Å²) in [5.74, 6) is 0.849. The fourth-order valence-electron chi connectivity index (χ4n) is 3.96. The van der Waals surface area contributed by atoms with Gasteiger partial charge in [-0.05, 0) is 30.3 Å². The van der Waals surface area contributed by atoms with E-state index in [-0.39, 0.29) is 18.3 Å². The van der Waals surface area contributed by atoms with E-state index in [1.54, 1.807) is 0 Å². The molecule has 0 unspecified atom stereocenters. The van der Waals surface area contributed by atoms with Crippen LogP contribution in [0.5, 0.6) is 0 Å². The normalized spacial score (nSPS) is 27.8. The van der Waals surface area contributed by atoms with Crippen LogP contribution in [0, 0.1) is 0 Å². The van der Waals surface area contributed by atoms with Crippen molar-refractivity contribution in [2.75, 3.05) is 6.61 Å². The molecule has 154 valence electrons. The van der Waals surface area contributed by atoms with Crippen LogP contribution in [-0.2, 0) is 31.9 Å². The van der Waals surface area contributed by atoms with Crippen LogP contribution in [0.1, 0.15) is 18.1 Å². The Morgan fingerprint density at radius 1 is 0.828 bits per heavy atom. The third-order valence-electron chi connectivity index (χ3n) is 5.96. The van der Waals surface area contributed by atoms with E-state index < -0.39 is 8.32 Å². The molecule has 0 spiro atoms. The Bertz CT molecular complexity index is 821. The lowest BCUT2D eigenvalue weighted by molar-refractivity contribution is -0.0808. The molecule has 4 atom stereocenters. The van der Waals surface area contributed by atoms with E-state index in [1.807, 2.05) is 36.4 Å². The molecular weight excluding hydrogens is 380 g/mol. The Morgan fingerprint density at radius 3 is 2.10 bits per heavy atom. The third-order valence-corrected chi connectivity index (χ3v) is 9.36. The van der Waals surface area contributed by atoms with Crippen LogP contribution in [0.3, 0.4) is 0 Å². The van der Waals surface area contributed by atoms with Gasteiger partial charge in [-0.25, -0.2) is 0 Å². The van der Waals surface area contributed by atoms with Gasteiger partial charge in [0, 0.05) is 5.54 Å². The molecule has 2 heterocycles. The summed E-state index contributed by atoms with van der Waals surface area (Å²) in [4.78, 5) is 0. The lowest BCUT2D eigenvalue weighted by atomic mass is 10.0. The minimum atomic E-state index is -1.81. The molecule has 29 heavy (non-hydrogen) atoms. The molecule has 5 heteroatoms. The number of rotatable bonds is 7. The molecule has 0 radical (unpaired) electrons. The molecule has 2 aliphatic rings. The van der Waals surface area contributed by atoms with Crippen molar-refractivity contribution in [3.8, 4) is 0 Å². The zero-order chi connectivity index (χ0) is 20.3. The molecule has 0 aliphatic carbocycles. The molecule has 1 fully saturated rings. The predicted octanol–water partition coefficient (Wildman–Crippen LogP) is 5.07. The minimum absolute atomic E-state index is 0.0257. The number of ether oxygens (including phenoxy) is 3. The van der Waals surface area contributed by atoms with E-state index in [4.69, 9.17) is 18.6 Å². The molecular formula is C24H30O4Si. The molecule has 0 N–H and O–H groups in total. The van der Waals surface area contributed by atoms with Gasteiger partial charge < -0.3 is 18.6 Å². The van der Waals surface area contributed by atoms with Crippen molar-refractivity contribution in [3.63, 3.8) is 0 Å². The average Bonchev–Trinajstić information content (AvgIpc) is 2.97. The summed E-state index contributed by atoms with van der Waals surface area (Å²) in [6.07, 6.45) is 1.91. The molecule has 1 saturated heterocycles. The van der Waals surface area contributed by atoms with E-state index in [2.05, 4.69) is 50.4 Å². The Kier molecular flexibility index (Phi) is 6.20. The summed E-state index contributed by atoms with van der Waals surface area (Å²) in [7, 11) is -1.81. The predicted molar refractivity (Wildman–Crippen MR) is 116 cm³/mol. The molecule has 4 nitrogen and oxygen atoms in total. The van der Waals surface area contributed by atoms with Gasteiger partial charge in [0.15, 0.2) is 8.32 Å². The summed E-state index contributed by atoms with van der Waals surface area (Å²) >= 11 is 0. The van der Waals surface area contributed by atoms with Crippen molar-refractivity contribution >= 4 is 8.32 Å². The largest absolute Gasteiger partial charge is 0.490 e. The quantitative estimate of drug-likeness (QED) is 0.598. The van der Waals surface area contributed by atoms with Crippen LogP contribution in [0.25, 0.3) is 0 Å².